The van der Waals surface area contributed by atoms with Gasteiger partial charge in [-0.05, 0) is 31.0 Å². The van der Waals surface area contributed by atoms with E-state index in [1.807, 2.05) is 0 Å². The Kier molecular flexibility index (Phi) is 3.78. The van der Waals surface area contributed by atoms with Gasteiger partial charge >= 0.3 is 5.97 Å². The van der Waals surface area contributed by atoms with Crippen molar-refractivity contribution in [2.24, 2.45) is 11.8 Å². The fourth-order valence-corrected chi connectivity index (χ4v) is 2.94. The molecule has 1 aromatic rings. The standard InChI is InChI=1S/C15H15ClN2O4/c16-8-2-1-3-9(6-8)18-5-4-12(14(18)20)17-13(19)10-7-11(10)15(21)22/h1-3,6,10-12H,4-5,7H2,(H,17,19)(H,21,22). The smallest absolute Gasteiger partial charge is 0.307 e. The molecular weight excluding hydrogens is 308 g/mol. The molecule has 116 valence electrons. The van der Waals surface area contributed by atoms with Crippen LogP contribution in [0.1, 0.15) is 12.8 Å². The summed E-state index contributed by atoms with van der Waals surface area (Å²) in [5.74, 6) is -2.62. The van der Waals surface area contributed by atoms with Crippen molar-refractivity contribution in [1.82, 2.24) is 5.32 Å². The van der Waals surface area contributed by atoms with Gasteiger partial charge in [-0.15, -0.1) is 0 Å². The Labute approximate surface area is 132 Å². The van der Waals surface area contributed by atoms with Crippen molar-refractivity contribution in [2.75, 3.05) is 11.4 Å². The highest BCUT2D eigenvalue weighted by Gasteiger charge is 2.49. The maximum atomic E-state index is 12.4. The van der Waals surface area contributed by atoms with Gasteiger partial charge in [-0.1, -0.05) is 17.7 Å². The van der Waals surface area contributed by atoms with Crippen molar-refractivity contribution in [3.8, 4) is 0 Å². The molecule has 0 radical (unpaired) electrons. The second-order valence-electron chi connectivity index (χ2n) is 5.61. The molecule has 7 heteroatoms. The Bertz CT molecular complexity index is 648. The number of rotatable bonds is 4. The predicted octanol–water partition coefficient (Wildman–Crippen LogP) is 1.28. The summed E-state index contributed by atoms with van der Waals surface area (Å²) in [7, 11) is 0. The first-order valence-electron chi connectivity index (χ1n) is 7.07. The van der Waals surface area contributed by atoms with E-state index in [1.54, 1.807) is 29.2 Å². The van der Waals surface area contributed by atoms with E-state index in [-0.39, 0.29) is 11.8 Å². The van der Waals surface area contributed by atoms with Crippen LogP contribution in [0.3, 0.4) is 0 Å². The molecule has 3 atom stereocenters. The molecule has 1 aliphatic heterocycles. The fourth-order valence-electron chi connectivity index (χ4n) is 2.75. The number of amides is 2. The number of hydrogen-bond donors (Lipinski definition) is 2. The molecule has 1 heterocycles. The van der Waals surface area contributed by atoms with Crippen molar-refractivity contribution < 1.29 is 19.5 Å². The molecule has 2 fully saturated rings. The van der Waals surface area contributed by atoms with Crippen molar-refractivity contribution in [3.63, 3.8) is 0 Å². The van der Waals surface area contributed by atoms with E-state index in [0.717, 1.165) is 0 Å². The van der Waals surface area contributed by atoms with Crippen LogP contribution in [0.4, 0.5) is 5.69 Å². The fraction of sp³-hybridized carbons (Fsp3) is 0.400. The van der Waals surface area contributed by atoms with Crippen LogP contribution in [0, 0.1) is 11.8 Å². The summed E-state index contributed by atoms with van der Waals surface area (Å²) in [4.78, 5) is 36.7. The Morgan fingerprint density at radius 2 is 2.09 bits per heavy atom. The molecule has 0 spiro atoms. The monoisotopic (exact) mass is 322 g/mol. The summed E-state index contributed by atoms with van der Waals surface area (Å²) in [6.07, 6.45) is 0.849. The number of carbonyl (C=O) groups excluding carboxylic acids is 2. The van der Waals surface area contributed by atoms with Gasteiger partial charge in [-0.25, -0.2) is 0 Å². The number of nitrogens with one attached hydrogen (secondary N) is 1. The maximum Gasteiger partial charge on any atom is 0.307 e. The van der Waals surface area contributed by atoms with Gasteiger partial charge in [0.25, 0.3) is 0 Å². The highest BCUT2D eigenvalue weighted by Crippen LogP contribution is 2.39. The molecule has 2 amide bonds. The number of anilines is 1. The molecule has 22 heavy (non-hydrogen) atoms. The lowest BCUT2D eigenvalue weighted by Gasteiger charge is -2.17. The second-order valence-corrected chi connectivity index (χ2v) is 6.04. The molecule has 0 bridgehead atoms. The third-order valence-electron chi connectivity index (χ3n) is 4.09. The molecule has 2 N–H and O–H groups in total. The maximum absolute atomic E-state index is 12.4. The van der Waals surface area contributed by atoms with E-state index in [1.165, 1.54) is 0 Å². The molecule has 1 saturated carbocycles. The summed E-state index contributed by atoms with van der Waals surface area (Å²) < 4.78 is 0. The zero-order chi connectivity index (χ0) is 15.9. The summed E-state index contributed by atoms with van der Waals surface area (Å²) in [5, 5.41) is 12.0. The minimum absolute atomic E-state index is 0.192. The molecule has 1 aromatic carbocycles. The molecule has 1 saturated heterocycles. The summed E-state index contributed by atoms with van der Waals surface area (Å²) in [6.45, 7) is 0.497. The Balaban J connectivity index is 1.62. The lowest BCUT2D eigenvalue weighted by Crippen LogP contribution is -2.42. The van der Waals surface area contributed by atoms with Gasteiger partial charge in [0.1, 0.15) is 6.04 Å². The number of nitrogens with zero attached hydrogens (tertiary/aromatic N) is 1. The first-order valence-corrected chi connectivity index (χ1v) is 7.45. The summed E-state index contributed by atoms with van der Waals surface area (Å²) in [5.41, 5.74) is 0.698. The van der Waals surface area contributed by atoms with E-state index < -0.39 is 23.8 Å². The van der Waals surface area contributed by atoms with Crippen LogP contribution in [-0.4, -0.2) is 35.5 Å². The topological polar surface area (TPSA) is 86.7 Å². The lowest BCUT2D eigenvalue weighted by molar-refractivity contribution is -0.140. The van der Waals surface area contributed by atoms with Crippen molar-refractivity contribution in [3.05, 3.63) is 29.3 Å². The van der Waals surface area contributed by atoms with Crippen LogP contribution < -0.4 is 10.2 Å². The Morgan fingerprint density at radius 3 is 2.73 bits per heavy atom. The van der Waals surface area contributed by atoms with Crippen molar-refractivity contribution in [2.45, 2.75) is 18.9 Å². The summed E-state index contributed by atoms with van der Waals surface area (Å²) in [6, 6.07) is 6.38. The van der Waals surface area contributed by atoms with Gasteiger partial charge < -0.3 is 15.3 Å². The number of hydrogen-bond acceptors (Lipinski definition) is 3. The molecule has 3 unspecified atom stereocenters. The quantitative estimate of drug-likeness (QED) is 0.874. The second kappa shape index (κ2) is 5.61. The van der Waals surface area contributed by atoms with Crippen molar-refractivity contribution in [1.29, 1.82) is 0 Å². The van der Waals surface area contributed by atoms with E-state index in [2.05, 4.69) is 5.32 Å². The van der Waals surface area contributed by atoms with E-state index in [0.29, 0.717) is 30.1 Å². The molecule has 0 aromatic heterocycles. The van der Waals surface area contributed by atoms with Gasteiger partial charge in [0, 0.05) is 17.3 Å². The van der Waals surface area contributed by atoms with E-state index in [9.17, 15) is 14.4 Å². The number of carboxylic acid groups (broad SMARTS) is 1. The van der Waals surface area contributed by atoms with Crippen LogP contribution in [0.5, 0.6) is 0 Å². The largest absolute Gasteiger partial charge is 0.481 e. The lowest BCUT2D eigenvalue weighted by atomic mass is 10.2. The zero-order valence-corrected chi connectivity index (χ0v) is 12.4. The highest BCUT2D eigenvalue weighted by atomic mass is 35.5. The third-order valence-corrected chi connectivity index (χ3v) is 4.32. The molecular formula is C15H15ClN2O4. The van der Waals surface area contributed by atoms with Gasteiger partial charge in [0.05, 0.1) is 11.8 Å². The first-order chi connectivity index (χ1) is 10.5. The number of halogens is 1. The van der Waals surface area contributed by atoms with E-state index >= 15 is 0 Å². The van der Waals surface area contributed by atoms with Gasteiger partial charge in [-0.2, -0.15) is 0 Å². The molecule has 1 aliphatic carbocycles. The minimum atomic E-state index is -0.960. The number of aliphatic carboxylic acids is 1. The van der Waals surface area contributed by atoms with Gasteiger partial charge in [0.15, 0.2) is 0 Å². The third kappa shape index (κ3) is 2.78. The van der Waals surface area contributed by atoms with E-state index in [4.69, 9.17) is 16.7 Å². The van der Waals surface area contributed by atoms with Crippen molar-refractivity contribution >= 4 is 35.1 Å². The van der Waals surface area contributed by atoms with Crippen LogP contribution in [-0.2, 0) is 14.4 Å². The first kappa shape index (κ1) is 14.8. The Hall–Kier alpha value is -2.08. The number of carbonyl (C=O) groups is 3. The number of benzene rings is 1. The number of carboxylic acids is 1. The molecule has 3 rings (SSSR count). The normalized spacial score (nSPS) is 26.9. The van der Waals surface area contributed by atoms with Gasteiger partial charge in [-0.3, -0.25) is 14.4 Å². The average Bonchev–Trinajstić information content (AvgIpc) is 3.20. The average molecular weight is 323 g/mol. The summed E-state index contributed by atoms with van der Waals surface area (Å²) >= 11 is 5.92. The molecule has 6 nitrogen and oxygen atoms in total. The van der Waals surface area contributed by atoms with Crippen LogP contribution in [0.2, 0.25) is 5.02 Å². The van der Waals surface area contributed by atoms with Crippen LogP contribution in [0.25, 0.3) is 0 Å². The highest BCUT2D eigenvalue weighted by molar-refractivity contribution is 6.31. The minimum Gasteiger partial charge on any atom is -0.481 e. The SMILES string of the molecule is O=C(O)C1CC1C(=O)NC1CCN(c2cccc(Cl)c2)C1=O. The molecule has 2 aliphatic rings. The van der Waals surface area contributed by atoms with Gasteiger partial charge in [0.2, 0.25) is 11.8 Å². The Morgan fingerprint density at radius 1 is 1.32 bits per heavy atom. The predicted molar refractivity (Wildman–Crippen MR) is 79.6 cm³/mol. The van der Waals surface area contributed by atoms with Crippen LogP contribution in [0.15, 0.2) is 24.3 Å². The zero-order valence-electron chi connectivity index (χ0n) is 11.7. The van der Waals surface area contributed by atoms with Crippen LogP contribution >= 0.6 is 11.6 Å².